The van der Waals surface area contributed by atoms with Crippen LogP contribution in [0.25, 0.3) is 0 Å². The van der Waals surface area contributed by atoms with Gasteiger partial charge in [-0.3, -0.25) is 4.79 Å². The van der Waals surface area contributed by atoms with Gasteiger partial charge in [0, 0.05) is 11.6 Å². The van der Waals surface area contributed by atoms with E-state index >= 15 is 0 Å². The summed E-state index contributed by atoms with van der Waals surface area (Å²) in [5, 5.41) is 12.4. The number of benzene rings is 1. The predicted octanol–water partition coefficient (Wildman–Crippen LogP) is 4.22. The lowest BCUT2D eigenvalue weighted by molar-refractivity contribution is -0.136. The van der Waals surface area contributed by atoms with Crippen molar-refractivity contribution >= 4 is 39.9 Å². The summed E-state index contributed by atoms with van der Waals surface area (Å²) in [7, 11) is 1.30. The van der Waals surface area contributed by atoms with E-state index in [1.807, 2.05) is 17.5 Å². The van der Waals surface area contributed by atoms with E-state index in [0.717, 1.165) is 5.56 Å². The number of methoxy groups -OCH3 is 1. The van der Waals surface area contributed by atoms with E-state index in [0.29, 0.717) is 45.9 Å². The highest BCUT2D eigenvalue weighted by atomic mass is 32.2. The van der Waals surface area contributed by atoms with Crippen LogP contribution in [0.15, 0.2) is 52.0 Å². The highest BCUT2D eigenvalue weighted by molar-refractivity contribution is 8.14. The van der Waals surface area contributed by atoms with Crippen LogP contribution in [0.3, 0.4) is 0 Å². The van der Waals surface area contributed by atoms with Crippen molar-refractivity contribution in [1.82, 2.24) is 0 Å². The maximum Gasteiger partial charge on any atom is 0.336 e. The first-order valence-corrected chi connectivity index (χ1v) is 11.8. The molecule has 2 aliphatic rings. The van der Waals surface area contributed by atoms with Crippen molar-refractivity contribution in [2.24, 2.45) is 10.9 Å². The summed E-state index contributed by atoms with van der Waals surface area (Å²) in [5.41, 5.74) is 1.51. The molecule has 4 rings (SSSR count). The van der Waals surface area contributed by atoms with Crippen molar-refractivity contribution in [3.05, 3.63) is 57.4 Å². The van der Waals surface area contributed by atoms with E-state index in [4.69, 9.17) is 14.2 Å². The van der Waals surface area contributed by atoms with Gasteiger partial charge in [-0.2, -0.15) is 5.26 Å². The van der Waals surface area contributed by atoms with Crippen molar-refractivity contribution in [2.75, 3.05) is 26.1 Å². The number of thioether (sulfide) groups is 1. The first-order valence-electron chi connectivity index (χ1n) is 9.89. The third kappa shape index (κ3) is 4.29. The number of nitrogens with zero attached hydrogens (tertiary/aromatic N) is 2. The van der Waals surface area contributed by atoms with Gasteiger partial charge in [0.2, 0.25) is 0 Å². The smallest absolute Gasteiger partial charge is 0.336 e. The largest absolute Gasteiger partial charge is 0.486 e. The topological polar surface area (TPSA) is 98.0 Å². The van der Waals surface area contributed by atoms with Crippen molar-refractivity contribution in [3.8, 4) is 17.6 Å². The Hall–Kier alpha value is -3.09. The number of esters is 1. The molecule has 0 N–H and O–H groups in total. The number of rotatable bonds is 5. The molecule has 164 valence electrons. The molecule has 9 heteroatoms. The molecule has 3 heterocycles. The molecular formula is C23H20N2O5S2. The Morgan fingerprint density at radius 3 is 2.75 bits per heavy atom. The number of fused-ring (bicyclic) bond motifs is 1. The molecule has 7 nitrogen and oxygen atoms in total. The van der Waals surface area contributed by atoms with Gasteiger partial charge in [0.1, 0.15) is 19.1 Å². The fourth-order valence-corrected chi connectivity index (χ4v) is 5.49. The van der Waals surface area contributed by atoms with Crippen molar-refractivity contribution < 1.29 is 23.8 Å². The number of carbonyl (C=O) groups excluding carboxylic acids is 2. The van der Waals surface area contributed by atoms with E-state index in [2.05, 4.69) is 11.1 Å². The first kappa shape index (κ1) is 22.1. The second kappa shape index (κ2) is 9.59. The van der Waals surface area contributed by atoms with Crippen molar-refractivity contribution in [1.29, 1.82) is 5.26 Å². The van der Waals surface area contributed by atoms with Gasteiger partial charge < -0.3 is 14.2 Å². The molecule has 0 fully saturated rings. The molecule has 1 aromatic heterocycles. The molecule has 2 aliphatic heterocycles. The number of carbonyl (C=O) groups is 2. The van der Waals surface area contributed by atoms with Crippen LogP contribution in [0.4, 0.5) is 0 Å². The van der Waals surface area contributed by atoms with Gasteiger partial charge >= 0.3 is 5.97 Å². The van der Waals surface area contributed by atoms with Crippen LogP contribution < -0.4 is 9.47 Å². The maximum absolute atomic E-state index is 12.7. The van der Waals surface area contributed by atoms with E-state index in [9.17, 15) is 14.9 Å². The SMILES string of the molecule is COC(=O)C1=C(C)N=C(SCC(=O)c2cccs2)C(C#N)C1c1ccc2c(c1)OCCO2. The van der Waals surface area contributed by atoms with Crippen LogP contribution >= 0.6 is 23.1 Å². The van der Waals surface area contributed by atoms with Gasteiger partial charge in [0.25, 0.3) is 0 Å². The molecule has 0 spiro atoms. The Labute approximate surface area is 193 Å². The molecule has 0 bridgehead atoms. The summed E-state index contributed by atoms with van der Waals surface area (Å²) in [6.07, 6.45) is 0. The number of allylic oxidation sites excluding steroid dienone is 1. The van der Waals surface area contributed by atoms with Gasteiger partial charge in [-0.25, -0.2) is 9.79 Å². The van der Waals surface area contributed by atoms with E-state index in [-0.39, 0.29) is 11.5 Å². The zero-order valence-electron chi connectivity index (χ0n) is 17.5. The number of hydrogen-bond donors (Lipinski definition) is 0. The Bertz CT molecular complexity index is 1150. The molecule has 1 aromatic carbocycles. The number of hydrogen-bond acceptors (Lipinski definition) is 9. The van der Waals surface area contributed by atoms with Crippen LogP contribution in [-0.2, 0) is 9.53 Å². The summed E-state index contributed by atoms with van der Waals surface area (Å²) in [6.45, 7) is 2.61. The van der Waals surface area contributed by atoms with Gasteiger partial charge in [-0.1, -0.05) is 12.1 Å². The van der Waals surface area contributed by atoms with Crippen LogP contribution in [0.5, 0.6) is 11.5 Å². The Balaban J connectivity index is 1.70. The van der Waals surface area contributed by atoms with E-state index < -0.39 is 17.8 Å². The molecule has 0 amide bonds. The molecule has 0 aliphatic carbocycles. The zero-order valence-corrected chi connectivity index (χ0v) is 19.1. The molecule has 0 radical (unpaired) electrons. The number of aliphatic imine (C=N–C) groups is 1. The molecule has 2 atom stereocenters. The normalized spacial score (nSPS) is 19.7. The van der Waals surface area contributed by atoms with Crippen molar-refractivity contribution in [3.63, 3.8) is 0 Å². The minimum absolute atomic E-state index is 0.0272. The number of ether oxygens (including phenoxy) is 3. The fourth-order valence-electron chi connectivity index (χ4n) is 3.73. The van der Waals surface area contributed by atoms with Crippen LogP contribution in [0.1, 0.15) is 28.1 Å². The second-order valence-electron chi connectivity index (χ2n) is 7.12. The van der Waals surface area contributed by atoms with Gasteiger partial charge in [-0.05, 0) is 36.1 Å². The summed E-state index contributed by atoms with van der Waals surface area (Å²) in [5.74, 6) is -0.583. The van der Waals surface area contributed by atoms with Crippen molar-refractivity contribution in [2.45, 2.75) is 12.8 Å². The fraction of sp³-hybridized carbons (Fsp3) is 0.304. The third-order valence-corrected chi connectivity index (χ3v) is 7.15. The highest BCUT2D eigenvalue weighted by Crippen LogP contribution is 2.44. The van der Waals surface area contributed by atoms with Crippen LogP contribution in [0, 0.1) is 17.2 Å². The van der Waals surface area contributed by atoms with Crippen LogP contribution in [0.2, 0.25) is 0 Å². The minimum Gasteiger partial charge on any atom is -0.486 e. The average Bonchev–Trinajstić information content (AvgIpc) is 3.36. The second-order valence-corrected chi connectivity index (χ2v) is 9.06. The lowest BCUT2D eigenvalue weighted by Crippen LogP contribution is -2.30. The predicted molar refractivity (Wildman–Crippen MR) is 123 cm³/mol. The Morgan fingerprint density at radius 2 is 2.06 bits per heavy atom. The molecular weight excluding hydrogens is 448 g/mol. The Kier molecular flexibility index (Phi) is 6.63. The summed E-state index contributed by atoms with van der Waals surface area (Å²) >= 11 is 2.61. The van der Waals surface area contributed by atoms with E-state index in [1.54, 1.807) is 25.1 Å². The van der Waals surface area contributed by atoms with Gasteiger partial charge in [-0.15, -0.1) is 23.1 Å². The number of nitriles is 1. The molecule has 2 unspecified atom stereocenters. The third-order valence-electron chi connectivity index (χ3n) is 5.19. The summed E-state index contributed by atoms with van der Waals surface area (Å²) in [4.78, 5) is 30.3. The molecule has 2 aromatic rings. The quantitative estimate of drug-likeness (QED) is 0.479. The number of thiophene rings is 1. The maximum atomic E-state index is 12.7. The zero-order chi connectivity index (χ0) is 22.7. The lowest BCUT2D eigenvalue weighted by atomic mass is 9.79. The summed E-state index contributed by atoms with van der Waals surface area (Å²) < 4.78 is 16.3. The molecule has 0 saturated heterocycles. The first-order chi connectivity index (χ1) is 15.5. The summed E-state index contributed by atoms with van der Waals surface area (Å²) in [6, 6.07) is 11.3. The minimum atomic E-state index is -0.753. The standard InChI is InChI=1S/C23H20N2O5S2/c1-13-20(23(27)28-2)21(14-5-6-17-18(10-14)30-8-7-29-17)15(11-24)22(25-13)32-12-16(26)19-4-3-9-31-19/h3-6,9-10,15,21H,7-8,12H2,1-2H3. The number of ketones is 1. The Morgan fingerprint density at radius 1 is 1.28 bits per heavy atom. The molecule has 0 saturated carbocycles. The van der Waals surface area contributed by atoms with E-state index in [1.165, 1.54) is 30.2 Å². The van der Waals surface area contributed by atoms with Crippen LogP contribution in [-0.4, -0.2) is 42.9 Å². The van der Waals surface area contributed by atoms with Gasteiger partial charge in [0.05, 0.1) is 34.4 Å². The number of Topliss-reactive ketones (excluding diaryl/α,β-unsaturated/α-hetero) is 1. The monoisotopic (exact) mass is 468 g/mol. The molecule has 32 heavy (non-hydrogen) atoms. The highest BCUT2D eigenvalue weighted by Gasteiger charge is 2.40. The van der Waals surface area contributed by atoms with Gasteiger partial charge in [0.15, 0.2) is 17.3 Å². The average molecular weight is 469 g/mol. The lowest BCUT2D eigenvalue weighted by Gasteiger charge is -2.30.